The summed E-state index contributed by atoms with van der Waals surface area (Å²) in [6.45, 7) is 0. The summed E-state index contributed by atoms with van der Waals surface area (Å²) in [6.07, 6.45) is 3.38. The number of benzene rings is 1. The van der Waals surface area contributed by atoms with E-state index in [0.717, 1.165) is 5.69 Å². The summed E-state index contributed by atoms with van der Waals surface area (Å²) in [5.41, 5.74) is 1.23. The van der Waals surface area contributed by atoms with Crippen LogP contribution < -0.4 is 15.0 Å². The lowest BCUT2D eigenvalue weighted by molar-refractivity contribution is -0.122. The fraction of sp³-hybridized carbons (Fsp3) is 0.118. The molecule has 2 heterocycles. The van der Waals surface area contributed by atoms with E-state index in [2.05, 4.69) is 5.32 Å². The van der Waals surface area contributed by atoms with Crippen LogP contribution in [0.15, 0.2) is 48.2 Å². The van der Waals surface area contributed by atoms with Gasteiger partial charge in [0.1, 0.15) is 11.3 Å². The van der Waals surface area contributed by atoms with Gasteiger partial charge in [0.15, 0.2) is 5.11 Å². The maximum Gasteiger partial charge on any atom is 0.270 e. The predicted molar refractivity (Wildman–Crippen MR) is 94.6 cm³/mol. The zero-order valence-corrected chi connectivity index (χ0v) is 14.0. The highest BCUT2D eigenvalue weighted by Crippen LogP contribution is 2.30. The highest BCUT2D eigenvalue weighted by molar-refractivity contribution is 7.80. The Morgan fingerprint density at radius 3 is 2.58 bits per heavy atom. The van der Waals surface area contributed by atoms with E-state index in [1.807, 2.05) is 29.9 Å². The van der Waals surface area contributed by atoms with Crippen molar-refractivity contribution in [2.45, 2.75) is 0 Å². The number of anilines is 1. The number of thiocarbonyl (C=S) groups is 1. The number of aromatic nitrogens is 1. The van der Waals surface area contributed by atoms with E-state index in [1.165, 1.54) is 12.0 Å². The minimum atomic E-state index is -0.516. The van der Waals surface area contributed by atoms with Gasteiger partial charge in [0.2, 0.25) is 0 Å². The molecule has 0 aliphatic carbocycles. The Morgan fingerprint density at radius 1 is 1.17 bits per heavy atom. The molecule has 6 nitrogen and oxygen atoms in total. The molecule has 1 aromatic carbocycles. The molecule has 0 spiro atoms. The molecule has 0 radical (unpaired) electrons. The van der Waals surface area contributed by atoms with Gasteiger partial charge in [-0.25, -0.2) is 4.90 Å². The molecule has 1 fully saturated rings. The van der Waals surface area contributed by atoms with Crippen molar-refractivity contribution in [3.63, 3.8) is 0 Å². The van der Waals surface area contributed by atoms with Crippen LogP contribution in [0, 0.1) is 0 Å². The smallest absolute Gasteiger partial charge is 0.270 e. The quantitative estimate of drug-likeness (QED) is 0.526. The average molecular weight is 341 g/mol. The van der Waals surface area contributed by atoms with Gasteiger partial charge < -0.3 is 9.30 Å². The van der Waals surface area contributed by atoms with Crippen LogP contribution in [0.3, 0.4) is 0 Å². The largest absolute Gasteiger partial charge is 0.495 e. The van der Waals surface area contributed by atoms with Gasteiger partial charge >= 0.3 is 0 Å². The molecule has 0 atom stereocenters. The number of rotatable bonds is 3. The lowest BCUT2D eigenvalue weighted by atomic mass is 10.1. The molecule has 3 rings (SSSR count). The first-order chi connectivity index (χ1) is 11.5. The summed E-state index contributed by atoms with van der Waals surface area (Å²) in [4.78, 5) is 26.4. The number of para-hydroxylation sites is 2. The molecular weight excluding hydrogens is 326 g/mol. The maximum absolute atomic E-state index is 12.9. The molecule has 122 valence electrons. The monoisotopic (exact) mass is 341 g/mol. The van der Waals surface area contributed by atoms with Gasteiger partial charge in [-0.2, -0.15) is 0 Å². The third-order valence-corrected chi connectivity index (χ3v) is 3.99. The second-order valence-electron chi connectivity index (χ2n) is 5.17. The van der Waals surface area contributed by atoms with Crippen LogP contribution in [0.5, 0.6) is 5.75 Å². The van der Waals surface area contributed by atoms with Crippen LogP contribution in [0.2, 0.25) is 0 Å². The molecular formula is C17H15N3O3S. The number of amides is 2. The van der Waals surface area contributed by atoms with Gasteiger partial charge in [0, 0.05) is 18.9 Å². The van der Waals surface area contributed by atoms with E-state index >= 15 is 0 Å². The molecule has 0 unspecified atom stereocenters. The first-order valence-electron chi connectivity index (χ1n) is 7.18. The first kappa shape index (κ1) is 15.9. The van der Waals surface area contributed by atoms with Crippen molar-refractivity contribution in [3.05, 3.63) is 53.9 Å². The standard InChI is InChI=1S/C17H15N3O3S/c1-19-9-5-6-11(19)10-12-15(21)18-17(24)20(16(12)22)13-7-3-4-8-14(13)23-2/h3-10H,1-2H3,(H,18,21,24)/b12-10+. The number of nitrogens with zero attached hydrogens (tertiary/aromatic N) is 2. The molecule has 2 amide bonds. The van der Waals surface area contributed by atoms with Crippen molar-refractivity contribution >= 4 is 40.9 Å². The Morgan fingerprint density at radius 2 is 1.92 bits per heavy atom. The molecule has 1 N–H and O–H groups in total. The third kappa shape index (κ3) is 2.69. The summed E-state index contributed by atoms with van der Waals surface area (Å²) in [7, 11) is 3.34. The Labute approximate surface area is 144 Å². The van der Waals surface area contributed by atoms with E-state index in [9.17, 15) is 9.59 Å². The Balaban J connectivity index is 2.07. The van der Waals surface area contributed by atoms with Gasteiger partial charge in [-0.15, -0.1) is 0 Å². The van der Waals surface area contributed by atoms with Gasteiger partial charge in [0.05, 0.1) is 12.8 Å². The van der Waals surface area contributed by atoms with E-state index in [4.69, 9.17) is 17.0 Å². The van der Waals surface area contributed by atoms with Crippen molar-refractivity contribution in [2.24, 2.45) is 7.05 Å². The van der Waals surface area contributed by atoms with Gasteiger partial charge in [-0.3, -0.25) is 14.9 Å². The molecule has 1 aliphatic heterocycles. The summed E-state index contributed by atoms with van der Waals surface area (Å²) in [5, 5.41) is 2.58. The summed E-state index contributed by atoms with van der Waals surface area (Å²) < 4.78 is 7.11. The number of hydrogen-bond donors (Lipinski definition) is 1. The van der Waals surface area contributed by atoms with Crippen LogP contribution >= 0.6 is 12.2 Å². The fourth-order valence-corrected chi connectivity index (χ4v) is 2.74. The maximum atomic E-state index is 12.9. The second kappa shape index (κ2) is 6.29. The van der Waals surface area contributed by atoms with Crippen molar-refractivity contribution < 1.29 is 14.3 Å². The number of nitrogens with one attached hydrogen (secondary N) is 1. The highest BCUT2D eigenvalue weighted by atomic mass is 32.1. The average Bonchev–Trinajstić information content (AvgIpc) is 2.96. The zero-order chi connectivity index (χ0) is 17.3. The van der Waals surface area contributed by atoms with E-state index in [0.29, 0.717) is 11.4 Å². The van der Waals surface area contributed by atoms with Gasteiger partial charge in [-0.05, 0) is 42.6 Å². The SMILES string of the molecule is COc1ccccc1N1C(=O)/C(=C/c2cccn2C)C(=O)NC1=S. The number of hydrogen-bond acceptors (Lipinski definition) is 4. The molecule has 0 bridgehead atoms. The van der Waals surface area contributed by atoms with Gasteiger partial charge in [-0.1, -0.05) is 12.1 Å². The van der Waals surface area contributed by atoms with Crippen molar-refractivity contribution in [3.8, 4) is 5.75 Å². The Kier molecular flexibility index (Phi) is 4.18. The van der Waals surface area contributed by atoms with Crippen molar-refractivity contribution in [1.29, 1.82) is 0 Å². The number of ether oxygens (including phenoxy) is 1. The predicted octanol–water partition coefficient (Wildman–Crippen LogP) is 1.86. The summed E-state index contributed by atoms with van der Waals surface area (Å²) >= 11 is 5.18. The zero-order valence-electron chi connectivity index (χ0n) is 13.1. The Hall–Kier alpha value is -2.93. The lowest BCUT2D eigenvalue weighted by Crippen LogP contribution is -2.54. The normalized spacial score (nSPS) is 16.5. The molecule has 24 heavy (non-hydrogen) atoms. The van der Waals surface area contributed by atoms with E-state index in [-0.39, 0.29) is 10.7 Å². The minimum absolute atomic E-state index is 0.0105. The topological polar surface area (TPSA) is 63.6 Å². The molecule has 0 saturated carbocycles. The Bertz CT molecular complexity index is 869. The molecule has 1 aliphatic rings. The number of carbonyl (C=O) groups is 2. The van der Waals surface area contributed by atoms with Crippen LogP contribution in [0.4, 0.5) is 5.69 Å². The number of carbonyl (C=O) groups excluding carboxylic acids is 2. The fourth-order valence-electron chi connectivity index (χ4n) is 2.46. The summed E-state index contributed by atoms with van der Waals surface area (Å²) in [5.74, 6) is -0.519. The van der Waals surface area contributed by atoms with Gasteiger partial charge in [0.25, 0.3) is 11.8 Å². The minimum Gasteiger partial charge on any atom is -0.495 e. The highest BCUT2D eigenvalue weighted by Gasteiger charge is 2.35. The number of methoxy groups -OCH3 is 1. The van der Waals surface area contributed by atoms with Crippen LogP contribution in [0.25, 0.3) is 6.08 Å². The lowest BCUT2D eigenvalue weighted by Gasteiger charge is -2.29. The summed E-state index contributed by atoms with van der Waals surface area (Å²) in [6, 6.07) is 10.6. The second-order valence-corrected chi connectivity index (χ2v) is 5.56. The molecule has 7 heteroatoms. The van der Waals surface area contributed by atoms with Crippen LogP contribution in [-0.4, -0.2) is 28.6 Å². The molecule has 2 aromatic rings. The van der Waals surface area contributed by atoms with Crippen LogP contribution in [-0.2, 0) is 16.6 Å². The van der Waals surface area contributed by atoms with Crippen molar-refractivity contribution in [1.82, 2.24) is 9.88 Å². The van der Waals surface area contributed by atoms with Crippen molar-refractivity contribution in [2.75, 3.05) is 12.0 Å². The number of aryl methyl sites for hydroxylation is 1. The van der Waals surface area contributed by atoms with Crippen LogP contribution in [0.1, 0.15) is 5.69 Å². The first-order valence-corrected chi connectivity index (χ1v) is 7.59. The molecule has 1 aromatic heterocycles. The molecule has 1 saturated heterocycles. The van der Waals surface area contributed by atoms with E-state index < -0.39 is 11.8 Å². The van der Waals surface area contributed by atoms with E-state index in [1.54, 1.807) is 30.3 Å². The third-order valence-electron chi connectivity index (χ3n) is 3.70.